The minimum atomic E-state index is -1.04. The van der Waals surface area contributed by atoms with E-state index in [-0.39, 0.29) is 18.8 Å². The van der Waals surface area contributed by atoms with Gasteiger partial charge in [-0.2, -0.15) is 5.10 Å². The Morgan fingerprint density at radius 3 is 2.68 bits per heavy atom. The van der Waals surface area contributed by atoms with Crippen LogP contribution in [0.4, 0.5) is 0 Å². The van der Waals surface area contributed by atoms with E-state index in [1.807, 2.05) is 32.0 Å². The molecule has 0 unspecified atom stereocenters. The Bertz CT molecular complexity index is 617. The van der Waals surface area contributed by atoms with E-state index in [4.69, 9.17) is 10.2 Å². The van der Waals surface area contributed by atoms with Gasteiger partial charge >= 0.3 is 5.97 Å². The molecular formula is C14H16N2O3. The summed E-state index contributed by atoms with van der Waals surface area (Å²) in [4.78, 5) is 11.2. The average molecular weight is 260 g/mol. The van der Waals surface area contributed by atoms with Gasteiger partial charge < -0.3 is 10.2 Å². The van der Waals surface area contributed by atoms with Gasteiger partial charge in [-0.3, -0.25) is 4.68 Å². The van der Waals surface area contributed by atoms with Gasteiger partial charge in [-0.05, 0) is 31.5 Å². The topological polar surface area (TPSA) is 75.3 Å². The number of aliphatic hydroxyl groups excluding tert-OH is 1. The van der Waals surface area contributed by atoms with Crippen LogP contribution in [0.3, 0.4) is 0 Å². The Hall–Kier alpha value is -2.14. The van der Waals surface area contributed by atoms with Gasteiger partial charge in [-0.1, -0.05) is 17.7 Å². The summed E-state index contributed by atoms with van der Waals surface area (Å²) < 4.78 is 1.32. The molecule has 1 aromatic heterocycles. The molecule has 0 amide bonds. The number of nitrogens with zero attached hydrogens (tertiary/aromatic N) is 2. The molecule has 0 atom stereocenters. The Morgan fingerprint density at radius 2 is 2.05 bits per heavy atom. The van der Waals surface area contributed by atoms with Crippen molar-refractivity contribution in [3.63, 3.8) is 0 Å². The van der Waals surface area contributed by atoms with Crippen molar-refractivity contribution in [2.45, 2.75) is 20.4 Å². The lowest BCUT2D eigenvalue weighted by Crippen LogP contribution is -2.12. The molecule has 0 aliphatic carbocycles. The zero-order valence-electron chi connectivity index (χ0n) is 10.9. The van der Waals surface area contributed by atoms with Crippen molar-refractivity contribution in [1.29, 1.82) is 0 Å². The van der Waals surface area contributed by atoms with E-state index in [1.54, 1.807) is 6.07 Å². The molecule has 0 saturated carbocycles. The summed E-state index contributed by atoms with van der Waals surface area (Å²) in [7, 11) is 0. The van der Waals surface area contributed by atoms with Crippen molar-refractivity contribution >= 4 is 5.97 Å². The lowest BCUT2D eigenvalue weighted by Gasteiger charge is -2.04. The molecule has 0 bridgehead atoms. The molecule has 1 aromatic carbocycles. The van der Waals surface area contributed by atoms with Crippen LogP contribution in [0.1, 0.15) is 21.6 Å². The number of aromatic carboxylic acids is 1. The number of hydrogen-bond acceptors (Lipinski definition) is 3. The van der Waals surface area contributed by atoms with E-state index < -0.39 is 5.97 Å². The third kappa shape index (κ3) is 2.66. The number of benzene rings is 1. The van der Waals surface area contributed by atoms with Crippen LogP contribution in [0.15, 0.2) is 24.3 Å². The van der Waals surface area contributed by atoms with E-state index in [2.05, 4.69) is 5.10 Å². The molecule has 1 heterocycles. The molecule has 2 N–H and O–H groups in total. The van der Waals surface area contributed by atoms with Gasteiger partial charge in [0.25, 0.3) is 0 Å². The van der Waals surface area contributed by atoms with Crippen LogP contribution in [-0.2, 0) is 6.54 Å². The fourth-order valence-electron chi connectivity index (χ4n) is 2.00. The highest BCUT2D eigenvalue weighted by molar-refractivity contribution is 5.87. The molecule has 0 saturated heterocycles. The SMILES string of the molecule is Cc1ccc(C)c(-c2cc(C(=O)O)n(CCO)n2)c1. The van der Waals surface area contributed by atoms with Crippen LogP contribution in [0, 0.1) is 13.8 Å². The molecule has 5 heteroatoms. The summed E-state index contributed by atoms with van der Waals surface area (Å²) in [5.41, 5.74) is 3.75. The van der Waals surface area contributed by atoms with E-state index in [0.29, 0.717) is 5.69 Å². The van der Waals surface area contributed by atoms with Gasteiger partial charge in [0.1, 0.15) is 5.69 Å². The van der Waals surface area contributed by atoms with Crippen molar-refractivity contribution in [3.8, 4) is 11.3 Å². The first-order valence-electron chi connectivity index (χ1n) is 6.02. The maximum Gasteiger partial charge on any atom is 0.354 e. The number of aliphatic hydroxyl groups is 1. The van der Waals surface area contributed by atoms with Gasteiger partial charge in [-0.25, -0.2) is 4.79 Å². The molecule has 0 aliphatic heterocycles. The Kier molecular flexibility index (Phi) is 3.66. The molecule has 0 fully saturated rings. The average Bonchev–Trinajstić information content (AvgIpc) is 2.77. The van der Waals surface area contributed by atoms with Gasteiger partial charge in [0.2, 0.25) is 0 Å². The molecule has 0 spiro atoms. The molecule has 0 aliphatic rings. The normalized spacial score (nSPS) is 10.7. The summed E-state index contributed by atoms with van der Waals surface area (Å²) in [5.74, 6) is -1.04. The number of rotatable bonds is 4. The quantitative estimate of drug-likeness (QED) is 0.879. The zero-order valence-corrected chi connectivity index (χ0v) is 10.9. The highest BCUT2D eigenvalue weighted by Crippen LogP contribution is 2.24. The van der Waals surface area contributed by atoms with Crippen LogP contribution in [-0.4, -0.2) is 32.6 Å². The number of carboxylic acid groups (broad SMARTS) is 1. The second-order valence-electron chi connectivity index (χ2n) is 4.49. The third-order valence-electron chi connectivity index (χ3n) is 2.98. The van der Waals surface area contributed by atoms with Crippen molar-refractivity contribution in [3.05, 3.63) is 41.1 Å². The smallest absolute Gasteiger partial charge is 0.354 e. The summed E-state index contributed by atoms with van der Waals surface area (Å²) in [6.07, 6.45) is 0. The van der Waals surface area contributed by atoms with Crippen LogP contribution in [0.5, 0.6) is 0 Å². The molecule has 5 nitrogen and oxygen atoms in total. The van der Waals surface area contributed by atoms with E-state index in [9.17, 15) is 4.79 Å². The van der Waals surface area contributed by atoms with Crippen LogP contribution in [0.25, 0.3) is 11.3 Å². The van der Waals surface area contributed by atoms with Gasteiger partial charge in [-0.15, -0.1) is 0 Å². The van der Waals surface area contributed by atoms with Crippen molar-refractivity contribution in [2.75, 3.05) is 6.61 Å². The predicted octanol–water partition coefficient (Wildman–Crippen LogP) is 1.86. The highest BCUT2D eigenvalue weighted by Gasteiger charge is 2.16. The van der Waals surface area contributed by atoms with E-state index in [0.717, 1.165) is 16.7 Å². The monoisotopic (exact) mass is 260 g/mol. The standard InChI is InChI=1S/C14H16N2O3/c1-9-3-4-10(2)11(7-9)12-8-13(14(18)19)16(15-12)5-6-17/h3-4,7-8,17H,5-6H2,1-2H3,(H,18,19). The van der Waals surface area contributed by atoms with Crippen molar-refractivity contribution < 1.29 is 15.0 Å². The number of hydrogen-bond donors (Lipinski definition) is 2. The predicted molar refractivity (Wildman–Crippen MR) is 71.2 cm³/mol. The number of aromatic nitrogens is 2. The lowest BCUT2D eigenvalue weighted by atomic mass is 10.0. The molecule has 2 aromatic rings. The van der Waals surface area contributed by atoms with E-state index >= 15 is 0 Å². The Balaban J connectivity index is 2.53. The van der Waals surface area contributed by atoms with E-state index in [1.165, 1.54) is 4.68 Å². The summed E-state index contributed by atoms with van der Waals surface area (Å²) in [6.45, 7) is 3.97. The van der Waals surface area contributed by atoms with Gasteiger partial charge in [0, 0.05) is 5.56 Å². The lowest BCUT2D eigenvalue weighted by molar-refractivity contribution is 0.0681. The second-order valence-corrected chi connectivity index (χ2v) is 4.49. The van der Waals surface area contributed by atoms with Crippen molar-refractivity contribution in [2.24, 2.45) is 0 Å². The highest BCUT2D eigenvalue weighted by atomic mass is 16.4. The Morgan fingerprint density at radius 1 is 1.32 bits per heavy atom. The minimum Gasteiger partial charge on any atom is -0.477 e. The zero-order chi connectivity index (χ0) is 14.0. The van der Waals surface area contributed by atoms with Gasteiger partial charge in [0.15, 0.2) is 0 Å². The second kappa shape index (κ2) is 5.24. The molecule has 0 radical (unpaired) electrons. The largest absolute Gasteiger partial charge is 0.477 e. The van der Waals surface area contributed by atoms with Crippen LogP contribution >= 0.6 is 0 Å². The molecule has 100 valence electrons. The first kappa shape index (κ1) is 13.3. The number of carboxylic acids is 1. The van der Waals surface area contributed by atoms with Crippen molar-refractivity contribution in [1.82, 2.24) is 9.78 Å². The number of aryl methyl sites for hydroxylation is 2. The fourth-order valence-corrected chi connectivity index (χ4v) is 2.00. The minimum absolute atomic E-state index is 0.0879. The molecular weight excluding hydrogens is 244 g/mol. The molecule has 2 rings (SSSR count). The first-order chi connectivity index (χ1) is 9.02. The summed E-state index contributed by atoms with van der Waals surface area (Å²) in [6, 6.07) is 7.50. The van der Waals surface area contributed by atoms with Crippen LogP contribution in [0.2, 0.25) is 0 Å². The maximum absolute atomic E-state index is 11.2. The van der Waals surface area contributed by atoms with Gasteiger partial charge in [0.05, 0.1) is 18.8 Å². The fraction of sp³-hybridized carbons (Fsp3) is 0.286. The molecule has 19 heavy (non-hydrogen) atoms. The third-order valence-corrected chi connectivity index (χ3v) is 2.98. The number of carbonyl (C=O) groups is 1. The summed E-state index contributed by atoms with van der Waals surface area (Å²) >= 11 is 0. The first-order valence-corrected chi connectivity index (χ1v) is 6.02. The Labute approximate surface area is 111 Å². The maximum atomic E-state index is 11.2. The van der Waals surface area contributed by atoms with Crippen LogP contribution < -0.4 is 0 Å². The summed E-state index contributed by atoms with van der Waals surface area (Å²) in [5, 5.41) is 22.4.